The minimum Gasteiger partial charge on any atom is -0.324 e. The van der Waals surface area contributed by atoms with Gasteiger partial charge in [-0.25, -0.2) is 9.97 Å². The van der Waals surface area contributed by atoms with Gasteiger partial charge in [0.05, 0.1) is 0 Å². The van der Waals surface area contributed by atoms with Gasteiger partial charge in [0.15, 0.2) is 11.0 Å². The molecule has 0 aliphatic carbocycles. The summed E-state index contributed by atoms with van der Waals surface area (Å²) in [6.45, 7) is 4.92. The smallest absolute Gasteiger partial charge is 0.172 e. The van der Waals surface area contributed by atoms with Crippen molar-refractivity contribution < 1.29 is 0 Å². The van der Waals surface area contributed by atoms with Crippen LogP contribution in [0.3, 0.4) is 0 Å². The highest BCUT2D eigenvalue weighted by atomic mass is 35.5. The maximum absolute atomic E-state index is 6.06. The third-order valence-electron chi connectivity index (χ3n) is 2.55. The molecule has 2 rings (SSSR count). The van der Waals surface area contributed by atoms with Crippen LogP contribution in [-0.2, 0) is 0 Å². The number of aromatic nitrogens is 2. The van der Waals surface area contributed by atoms with E-state index >= 15 is 0 Å². The molecule has 1 aromatic carbocycles. The van der Waals surface area contributed by atoms with Crippen molar-refractivity contribution in [3.05, 3.63) is 47.4 Å². The Morgan fingerprint density at radius 3 is 2.35 bits per heavy atom. The lowest BCUT2D eigenvalue weighted by Gasteiger charge is -2.22. The molecular formula is C13H14ClN3. The van der Waals surface area contributed by atoms with Crippen LogP contribution >= 0.6 is 11.6 Å². The zero-order chi connectivity index (χ0) is 12.3. The number of anilines is 2. The topological polar surface area (TPSA) is 29.0 Å². The molecular weight excluding hydrogens is 234 g/mol. The first-order valence-electron chi connectivity index (χ1n) is 5.53. The van der Waals surface area contributed by atoms with Crippen molar-refractivity contribution in [2.75, 3.05) is 11.4 Å². The first-order valence-corrected chi connectivity index (χ1v) is 5.91. The van der Waals surface area contributed by atoms with Gasteiger partial charge in [0.2, 0.25) is 0 Å². The normalized spacial score (nSPS) is 10.3. The van der Waals surface area contributed by atoms with Gasteiger partial charge in [-0.3, -0.25) is 0 Å². The van der Waals surface area contributed by atoms with Crippen LogP contribution in [0.2, 0.25) is 5.15 Å². The Kier molecular flexibility index (Phi) is 3.59. The fourth-order valence-corrected chi connectivity index (χ4v) is 1.88. The van der Waals surface area contributed by atoms with Gasteiger partial charge in [-0.2, -0.15) is 0 Å². The van der Waals surface area contributed by atoms with Crippen LogP contribution in [0.1, 0.15) is 12.5 Å². The molecule has 17 heavy (non-hydrogen) atoms. The molecule has 0 aliphatic heterocycles. The third-order valence-corrected chi connectivity index (χ3v) is 2.82. The molecule has 3 nitrogen and oxygen atoms in total. The molecule has 0 atom stereocenters. The molecule has 1 aromatic heterocycles. The number of hydrogen-bond donors (Lipinski definition) is 0. The molecule has 0 fully saturated rings. The standard InChI is InChI=1S/C13H14ClN3/c1-3-17(11-6-4-10(2)5-7-11)13-12(14)15-8-9-16-13/h4-9H,3H2,1-2H3. The molecule has 0 amide bonds. The van der Waals surface area contributed by atoms with Crippen LogP contribution in [0.4, 0.5) is 11.5 Å². The summed E-state index contributed by atoms with van der Waals surface area (Å²) in [6, 6.07) is 8.26. The molecule has 0 saturated carbocycles. The summed E-state index contributed by atoms with van der Waals surface area (Å²) in [6.07, 6.45) is 3.24. The Morgan fingerprint density at radius 2 is 1.76 bits per heavy atom. The summed E-state index contributed by atoms with van der Waals surface area (Å²) >= 11 is 6.06. The molecule has 4 heteroatoms. The van der Waals surface area contributed by atoms with E-state index in [9.17, 15) is 0 Å². The SMILES string of the molecule is CCN(c1ccc(C)cc1)c1nccnc1Cl. The Labute approximate surface area is 106 Å². The minimum atomic E-state index is 0.426. The Hall–Kier alpha value is -1.61. The summed E-state index contributed by atoms with van der Waals surface area (Å²) in [5.74, 6) is 0.695. The molecule has 0 spiro atoms. The summed E-state index contributed by atoms with van der Waals surface area (Å²) in [5, 5.41) is 0.426. The van der Waals surface area contributed by atoms with Crippen LogP contribution in [0.25, 0.3) is 0 Å². The molecule has 2 aromatic rings. The summed E-state index contributed by atoms with van der Waals surface area (Å²) in [7, 11) is 0. The Morgan fingerprint density at radius 1 is 1.12 bits per heavy atom. The second-order valence-corrected chi connectivity index (χ2v) is 4.11. The van der Waals surface area contributed by atoms with E-state index in [0.717, 1.165) is 12.2 Å². The van der Waals surface area contributed by atoms with E-state index in [2.05, 4.69) is 48.1 Å². The van der Waals surface area contributed by atoms with Crippen LogP contribution in [0, 0.1) is 6.92 Å². The van der Waals surface area contributed by atoms with Crippen molar-refractivity contribution in [3.63, 3.8) is 0 Å². The quantitative estimate of drug-likeness (QED) is 0.830. The number of halogens is 1. The first-order chi connectivity index (χ1) is 8.22. The Balaban J connectivity index is 2.40. The number of hydrogen-bond acceptors (Lipinski definition) is 3. The van der Waals surface area contributed by atoms with Crippen molar-refractivity contribution in [1.29, 1.82) is 0 Å². The van der Waals surface area contributed by atoms with Crippen molar-refractivity contribution in [2.24, 2.45) is 0 Å². The van der Waals surface area contributed by atoms with Crippen LogP contribution in [0.5, 0.6) is 0 Å². The van der Waals surface area contributed by atoms with Gasteiger partial charge in [0.1, 0.15) is 0 Å². The molecule has 0 unspecified atom stereocenters. The number of nitrogens with zero attached hydrogens (tertiary/aromatic N) is 3. The van der Waals surface area contributed by atoms with E-state index in [4.69, 9.17) is 11.6 Å². The molecule has 0 N–H and O–H groups in total. The van der Waals surface area contributed by atoms with Crippen molar-refractivity contribution in [2.45, 2.75) is 13.8 Å². The van der Waals surface area contributed by atoms with Gasteiger partial charge in [-0.1, -0.05) is 29.3 Å². The lowest BCUT2D eigenvalue weighted by atomic mass is 10.2. The molecule has 0 radical (unpaired) electrons. The van der Waals surface area contributed by atoms with Crippen molar-refractivity contribution in [3.8, 4) is 0 Å². The lowest BCUT2D eigenvalue weighted by Crippen LogP contribution is -2.18. The van der Waals surface area contributed by atoms with Crippen molar-refractivity contribution in [1.82, 2.24) is 9.97 Å². The predicted molar refractivity (Wildman–Crippen MR) is 70.9 cm³/mol. The average Bonchev–Trinajstić information content (AvgIpc) is 2.35. The Bertz CT molecular complexity index is 496. The molecule has 0 saturated heterocycles. The number of benzene rings is 1. The van der Waals surface area contributed by atoms with E-state index in [1.807, 2.05) is 4.90 Å². The highest BCUT2D eigenvalue weighted by Crippen LogP contribution is 2.27. The maximum atomic E-state index is 6.06. The van der Waals surface area contributed by atoms with Gasteiger partial charge in [0.25, 0.3) is 0 Å². The van der Waals surface area contributed by atoms with E-state index in [1.54, 1.807) is 12.4 Å². The summed E-state index contributed by atoms with van der Waals surface area (Å²) in [4.78, 5) is 10.4. The van der Waals surface area contributed by atoms with E-state index in [0.29, 0.717) is 11.0 Å². The molecule has 0 aliphatic rings. The predicted octanol–water partition coefficient (Wildman–Crippen LogP) is 3.60. The zero-order valence-corrected chi connectivity index (χ0v) is 10.6. The first kappa shape index (κ1) is 11.9. The summed E-state index contributed by atoms with van der Waals surface area (Å²) < 4.78 is 0. The highest BCUT2D eigenvalue weighted by Gasteiger charge is 2.12. The van der Waals surface area contributed by atoms with Crippen molar-refractivity contribution >= 4 is 23.1 Å². The fourth-order valence-electron chi connectivity index (χ4n) is 1.67. The average molecular weight is 248 g/mol. The third kappa shape index (κ3) is 2.56. The lowest BCUT2D eigenvalue weighted by molar-refractivity contribution is 0.976. The van der Waals surface area contributed by atoms with Crippen LogP contribution in [0.15, 0.2) is 36.7 Å². The fraction of sp³-hybridized carbons (Fsp3) is 0.231. The maximum Gasteiger partial charge on any atom is 0.172 e. The minimum absolute atomic E-state index is 0.426. The van der Waals surface area contributed by atoms with E-state index in [-0.39, 0.29) is 0 Å². The summed E-state index contributed by atoms with van der Waals surface area (Å²) in [5.41, 5.74) is 2.30. The largest absolute Gasteiger partial charge is 0.324 e. The highest BCUT2D eigenvalue weighted by molar-refractivity contribution is 6.31. The van der Waals surface area contributed by atoms with Crippen LogP contribution < -0.4 is 4.90 Å². The van der Waals surface area contributed by atoms with Gasteiger partial charge in [0, 0.05) is 24.6 Å². The van der Waals surface area contributed by atoms with Gasteiger partial charge in [-0.15, -0.1) is 0 Å². The van der Waals surface area contributed by atoms with Gasteiger partial charge in [-0.05, 0) is 26.0 Å². The number of aryl methyl sites for hydroxylation is 1. The van der Waals surface area contributed by atoms with Gasteiger partial charge < -0.3 is 4.90 Å². The van der Waals surface area contributed by atoms with Crippen LogP contribution in [-0.4, -0.2) is 16.5 Å². The van der Waals surface area contributed by atoms with Gasteiger partial charge >= 0.3 is 0 Å². The monoisotopic (exact) mass is 247 g/mol. The molecule has 1 heterocycles. The second-order valence-electron chi connectivity index (χ2n) is 3.75. The zero-order valence-electron chi connectivity index (χ0n) is 9.89. The second kappa shape index (κ2) is 5.15. The van der Waals surface area contributed by atoms with E-state index < -0.39 is 0 Å². The van der Waals surface area contributed by atoms with E-state index in [1.165, 1.54) is 5.56 Å². The molecule has 88 valence electrons. The number of rotatable bonds is 3. The molecule has 0 bridgehead atoms.